The maximum absolute atomic E-state index is 10.6. The summed E-state index contributed by atoms with van der Waals surface area (Å²) in [7, 11) is 1.62. The summed E-state index contributed by atoms with van der Waals surface area (Å²) in [4.78, 5) is 10.6. The lowest BCUT2D eigenvalue weighted by Crippen LogP contribution is -2.45. The summed E-state index contributed by atoms with van der Waals surface area (Å²) in [5.74, 6) is -0.282. The first-order valence-corrected chi connectivity index (χ1v) is 4.23. The minimum Gasteiger partial charge on any atom is -0.447 e. The number of ether oxygens (including phenoxy) is 3. The number of esters is 1. The normalized spacial score (nSPS) is 28.5. The molecular formula is C8H15NO4. The molecule has 0 aromatic carbocycles. The van der Waals surface area contributed by atoms with Gasteiger partial charge in [0.2, 0.25) is 0 Å². The Balaban J connectivity index is 2.28. The molecule has 5 nitrogen and oxygen atoms in total. The monoisotopic (exact) mass is 189 g/mol. The van der Waals surface area contributed by atoms with E-state index in [4.69, 9.17) is 14.2 Å². The van der Waals surface area contributed by atoms with Crippen LogP contribution in [-0.2, 0) is 19.0 Å². The predicted molar refractivity (Wildman–Crippen MR) is 44.9 cm³/mol. The molecule has 0 spiro atoms. The first-order chi connectivity index (χ1) is 6.22. The Morgan fingerprint density at radius 1 is 1.69 bits per heavy atom. The fourth-order valence-electron chi connectivity index (χ4n) is 1.24. The molecule has 0 amide bonds. The van der Waals surface area contributed by atoms with Crippen molar-refractivity contribution in [2.45, 2.75) is 25.7 Å². The molecule has 1 aliphatic heterocycles. The molecule has 1 aliphatic rings. The molecule has 0 radical (unpaired) electrons. The Labute approximate surface area is 77.3 Å². The summed E-state index contributed by atoms with van der Waals surface area (Å²) in [5, 5.41) is 2.92. The number of hydrogen-bond donors (Lipinski definition) is 1. The Morgan fingerprint density at radius 2 is 2.46 bits per heavy atom. The average molecular weight is 189 g/mol. The fourth-order valence-corrected chi connectivity index (χ4v) is 1.24. The van der Waals surface area contributed by atoms with E-state index in [1.165, 1.54) is 6.92 Å². The summed E-state index contributed by atoms with van der Waals surface area (Å²) >= 11 is 0. The second-order valence-electron chi connectivity index (χ2n) is 2.93. The van der Waals surface area contributed by atoms with Crippen LogP contribution in [0.25, 0.3) is 0 Å². The molecule has 1 heterocycles. The molecule has 76 valence electrons. The topological polar surface area (TPSA) is 56.8 Å². The van der Waals surface area contributed by atoms with Gasteiger partial charge in [0.15, 0.2) is 6.23 Å². The Bertz CT molecular complexity index is 172. The third kappa shape index (κ3) is 3.71. The smallest absolute Gasteiger partial charge is 0.304 e. The molecular weight excluding hydrogens is 174 g/mol. The average Bonchev–Trinajstić information content (AvgIpc) is 2.04. The van der Waals surface area contributed by atoms with Crippen molar-refractivity contribution in [2.24, 2.45) is 0 Å². The minimum absolute atomic E-state index is 0.00981. The fraction of sp³-hybridized carbons (Fsp3) is 0.875. The molecule has 0 saturated carbocycles. The first-order valence-electron chi connectivity index (χ1n) is 4.23. The third-order valence-electron chi connectivity index (χ3n) is 1.77. The molecule has 5 heteroatoms. The Morgan fingerprint density at radius 3 is 3.08 bits per heavy atom. The highest BCUT2D eigenvalue weighted by Gasteiger charge is 2.23. The zero-order valence-corrected chi connectivity index (χ0v) is 7.91. The van der Waals surface area contributed by atoms with E-state index >= 15 is 0 Å². The van der Waals surface area contributed by atoms with E-state index in [-0.39, 0.29) is 18.3 Å². The summed E-state index contributed by atoms with van der Waals surface area (Å²) < 4.78 is 15.2. The molecule has 1 unspecified atom stereocenters. The molecule has 1 N–H and O–H groups in total. The van der Waals surface area contributed by atoms with Crippen molar-refractivity contribution < 1.29 is 19.0 Å². The molecule has 1 rings (SSSR count). The van der Waals surface area contributed by atoms with Crippen LogP contribution >= 0.6 is 0 Å². The largest absolute Gasteiger partial charge is 0.447 e. The zero-order valence-electron chi connectivity index (χ0n) is 7.91. The molecule has 13 heavy (non-hydrogen) atoms. The molecule has 1 saturated heterocycles. The van der Waals surface area contributed by atoms with Gasteiger partial charge in [-0.3, -0.25) is 10.1 Å². The van der Waals surface area contributed by atoms with Crippen molar-refractivity contribution in [3.05, 3.63) is 0 Å². The van der Waals surface area contributed by atoms with Gasteiger partial charge in [-0.05, 0) is 0 Å². The maximum Gasteiger partial charge on any atom is 0.304 e. The van der Waals surface area contributed by atoms with Crippen LogP contribution in [0.3, 0.4) is 0 Å². The van der Waals surface area contributed by atoms with Crippen LogP contribution < -0.4 is 5.32 Å². The quantitative estimate of drug-likeness (QED) is 0.626. The van der Waals surface area contributed by atoms with Crippen molar-refractivity contribution in [1.29, 1.82) is 0 Å². The summed E-state index contributed by atoms with van der Waals surface area (Å²) in [6, 6.07) is 0. The van der Waals surface area contributed by atoms with Crippen LogP contribution in [0.4, 0.5) is 0 Å². The Hall–Kier alpha value is -0.650. The lowest BCUT2D eigenvalue weighted by atomic mass is 10.2. The van der Waals surface area contributed by atoms with E-state index in [0.29, 0.717) is 19.8 Å². The summed E-state index contributed by atoms with van der Waals surface area (Å²) in [5.41, 5.74) is 0. The van der Waals surface area contributed by atoms with Gasteiger partial charge in [0, 0.05) is 20.5 Å². The highest BCUT2D eigenvalue weighted by atomic mass is 16.6. The van der Waals surface area contributed by atoms with E-state index in [2.05, 4.69) is 5.32 Å². The van der Waals surface area contributed by atoms with E-state index in [0.717, 1.165) is 0 Å². The van der Waals surface area contributed by atoms with Crippen LogP contribution in [0.5, 0.6) is 0 Å². The van der Waals surface area contributed by atoms with Gasteiger partial charge in [-0.1, -0.05) is 0 Å². The van der Waals surface area contributed by atoms with Crippen LogP contribution in [0.2, 0.25) is 0 Å². The predicted octanol–water partition coefficient (Wildman–Crippen LogP) is -0.142. The van der Waals surface area contributed by atoms with E-state index in [1.54, 1.807) is 7.11 Å². The SMILES string of the molecule is COCC1C[C@H](OC(C)=O)NCO1. The van der Waals surface area contributed by atoms with Gasteiger partial charge in [0.25, 0.3) is 0 Å². The number of nitrogens with one attached hydrogen (secondary N) is 1. The molecule has 0 bridgehead atoms. The van der Waals surface area contributed by atoms with Crippen LogP contribution in [-0.4, -0.2) is 38.7 Å². The van der Waals surface area contributed by atoms with Gasteiger partial charge in [-0.15, -0.1) is 0 Å². The zero-order chi connectivity index (χ0) is 9.68. The van der Waals surface area contributed by atoms with Gasteiger partial charge >= 0.3 is 5.97 Å². The van der Waals surface area contributed by atoms with Crippen LogP contribution in [0.15, 0.2) is 0 Å². The van der Waals surface area contributed by atoms with E-state index < -0.39 is 0 Å². The molecule has 1 fully saturated rings. The second-order valence-corrected chi connectivity index (χ2v) is 2.93. The van der Waals surface area contributed by atoms with Gasteiger partial charge < -0.3 is 14.2 Å². The van der Waals surface area contributed by atoms with Crippen molar-refractivity contribution in [2.75, 3.05) is 20.4 Å². The van der Waals surface area contributed by atoms with Gasteiger partial charge in [-0.2, -0.15) is 0 Å². The number of rotatable bonds is 3. The van der Waals surface area contributed by atoms with Crippen molar-refractivity contribution in [3.63, 3.8) is 0 Å². The lowest BCUT2D eigenvalue weighted by molar-refractivity contribution is -0.159. The molecule has 0 aromatic heterocycles. The van der Waals surface area contributed by atoms with Gasteiger partial charge in [0.1, 0.15) is 0 Å². The van der Waals surface area contributed by atoms with Crippen LogP contribution in [0, 0.1) is 0 Å². The van der Waals surface area contributed by atoms with Crippen molar-refractivity contribution >= 4 is 5.97 Å². The van der Waals surface area contributed by atoms with Crippen LogP contribution in [0.1, 0.15) is 13.3 Å². The number of carbonyl (C=O) groups excluding carboxylic acids is 1. The lowest BCUT2D eigenvalue weighted by Gasteiger charge is -2.29. The van der Waals surface area contributed by atoms with Crippen molar-refractivity contribution in [1.82, 2.24) is 5.32 Å². The highest BCUT2D eigenvalue weighted by molar-refractivity contribution is 5.66. The van der Waals surface area contributed by atoms with Gasteiger partial charge in [-0.25, -0.2) is 0 Å². The highest BCUT2D eigenvalue weighted by Crippen LogP contribution is 2.09. The van der Waals surface area contributed by atoms with Crippen molar-refractivity contribution in [3.8, 4) is 0 Å². The first kappa shape index (κ1) is 10.4. The van der Waals surface area contributed by atoms with E-state index in [9.17, 15) is 4.79 Å². The third-order valence-corrected chi connectivity index (χ3v) is 1.77. The number of methoxy groups -OCH3 is 1. The molecule has 0 aromatic rings. The summed E-state index contributed by atoms with van der Waals surface area (Å²) in [6.45, 7) is 2.31. The Kier molecular flexibility index (Phi) is 4.14. The second kappa shape index (κ2) is 5.16. The van der Waals surface area contributed by atoms with Gasteiger partial charge in [0.05, 0.1) is 19.4 Å². The standard InChI is InChI=1S/C8H15NO4/c1-6(10)13-8-3-7(4-11-2)12-5-9-8/h7-9H,3-5H2,1-2H3/t7?,8-/m0/s1. The molecule has 0 aliphatic carbocycles. The number of hydrogen-bond acceptors (Lipinski definition) is 5. The minimum atomic E-state index is -0.282. The maximum atomic E-state index is 10.6. The molecule has 2 atom stereocenters. The van der Waals surface area contributed by atoms with E-state index in [1.807, 2.05) is 0 Å². The summed E-state index contributed by atoms with van der Waals surface area (Å²) in [6.07, 6.45) is 0.398. The number of carbonyl (C=O) groups is 1.